The van der Waals surface area contributed by atoms with Crippen LogP contribution in [0.4, 0.5) is 5.69 Å². The van der Waals surface area contributed by atoms with Crippen LogP contribution < -0.4 is 10.9 Å². The van der Waals surface area contributed by atoms with Gasteiger partial charge >= 0.3 is 0 Å². The van der Waals surface area contributed by atoms with E-state index in [1.807, 2.05) is 48.1 Å². The van der Waals surface area contributed by atoms with E-state index in [1.165, 1.54) is 11.8 Å². The van der Waals surface area contributed by atoms with Crippen LogP contribution >= 0.6 is 11.8 Å². The highest BCUT2D eigenvalue weighted by atomic mass is 32.2. The van der Waals surface area contributed by atoms with Gasteiger partial charge in [0.1, 0.15) is 11.0 Å². The van der Waals surface area contributed by atoms with Gasteiger partial charge in [0.05, 0.1) is 17.4 Å². The van der Waals surface area contributed by atoms with Gasteiger partial charge in [-0.2, -0.15) is 5.26 Å². The van der Waals surface area contributed by atoms with Crippen molar-refractivity contribution in [1.29, 1.82) is 5.26 Å². The lowest BCUT2D eigenvalue weighted by Crippen LogP contribution is -2.26. The number of benzene rings is 2. The summed E-state index contributed by atoms with van der Waals surface area (Å²) in [5.74, 6) is 0.317. The maximum absolute atomic E-state index is 13.6. The van der Waals surface area contributed by atoms with Crippen molar-refractivity contribution in [3.63, 3.8) is 0 Å². The zero-order valence-corrected chi connectivity index (χ0v) is 20.8. The largest absolute Gasteiger partial charge is 0.344 e. The van der Waals surface area contributed by atoms with Gasteiger partial charge in [-0.15, -0.1) is 0 Å². The van der Waals surface area contributed by atoms with Crippen LogP contribution in [0.5, 0.6) is 0 Å². The third kappa shape index (κ3) is 5.47. The minimum Gasteiger partial charge on any atom is -0.344 e. The summed E-state index contributed by atoms with van der Waals surface area (Å²) < 4.78 is 3.53. The fourth-order valence-electron chi connectivity index (χ4n) is 3.83. The van der Waals surface area contributed by atoms with Crippen LogP contribution in [0.2, 0.25) is 0 Å². The molecule has 0 saturated carbocycles. The van der Waals surface area contributed by atoms with Crippen LogP contribution in [-0.2, 0) is 18.4 Å². The molecule has 8 heteroatoms. The Kier molecular flexibility index (Phi) is 7.37. The molecule has 4 rings (SSSR count). The molecule has 0 aliphatic rings. The molecule has 0 aliphatic heterocycles. The molecule has 178 valence electrons. The second-order valence-corrected chi connectivity index (χ2v) is 9.72. The molecule has 0 bridgehead atoms. The molecule has 1 N–H and O–H groups in total. The van der Waals surface area contributed by atoms with E-state index < -0.39 is 0 Å². The molecule has 0 unspecified atom stereocenters. The fraction of sp³-hybridized carbons (Fsp3) is 0.259. The monoisotopic (exact) mass is 485 g/mol. The molecule has 0 fully saturated rings. The normalized spacial score (nSPS) is 11.1. The van der Waals surface area contributed by atoms with E-state index in [2.05, 4.69) is 25.2 Å². The van der Waals surface area contributed by atoms with Gasteiger partial charge in [-0.25, -0.2) is 4.98 Å². The number of rotatable bonds is 8. The second-order valence-electron chi connectivity index (χ2n) is 8.78. The molecular weight excluding hydrogens is 458 g/mol. The van der Waals surface area contributed by atoms with Crippen LogP contribution in [0, 0.1) is 17.2 Å². The van der Waals surface area contributed by atoms with Crippen LogP contribution in [0.1, 0.15) is 25.8 Å². The third-order valence-corrected chi connectivity index (χ3v) is 6.66. The quantitative estimate of drug-likeness (QED) is 0.278. The number of carbonyl (C=O) groups excluding carboxylic acids is 1. The van der Waals surface area contributed by atoms with E-state index in [9.17, 15) is 9.59 Å². The number of carbonyl (C=O) groups is 1. The van der Waals surface area contributed by atoms with Crippen LogP contribution in [0.25, 0.3) is 22.2 Å². The van der Waals surface area contributed by atoms with E-state index in [1.54, 1.807) is 28.8 Å². The minimum absolute atomic E-state index is 0.102. The van der Waals surface area contributed by atoms with Crippen molar-refractivity contribution in [2.24, 2.45) is 13.0 Å². The number of hydrogen-bond donors (Lipinski definition) is 1. The van der Waals surface area contributed by atoms with Crippen molar-refractivity contribution in [3.05, 3.63) is 76.7 Å². The first-order chi connectivity index (χ1) is 16.9. The number of nitriles is 1. The molecule has 1 amide bonds. The smallest absolute Gasteiger partial charge is 0.278 e. The number of hydrogen-bond acceptors (Lipinski definition) is 5. The molecule has 0 saturated heterocycles. The summed E-state index contributed by atoms with van der Waals surface area (Å²) in [6.45, 7) is 4.76. The lowest BCUT2D eigenvalue weighted by atomic mass is 10.1. The Hall–Kier alpha value is -3.83. The van der Waals surface area contributed by atoms with Gasteiger partial charge in [0.25, 0.3) is 5.56 Å². The summed E-state index contributed by atoms with van der Waals surface area (Å²) in [7, 11) is 1.86. The van der Waals surface area contributed by atoms with Gasteiger partial charge < -0.3 is 9.88 Å². The maximum Gasteiger partial charge on any atom is 0.278 e. The first-order valence-corrected chi connectivity index (χ1v) is 12.4. The van der Waals surface area contributed by atoms with Gasteiger partial charge in [-0.05, 0) is 42.2 Å². The second kappa shape index (κ2) is 10.6. The molecule has 2 aromatic heterocycles. The van der Waals surface area contributed by atoms with Gasteiger partial charge in [0.2, 0.25) is 5.91 Å². The molecular formula is C27H27N5O2S. The minimum atomic E-state index is -0.208. The zero-order chi connectivity index (χ0) is 24.9. The molecule has 0 spiro atoms. The van der Waals surface area contributed by atoms with Crippen molar-refractivity contribution in [1.82, 2.24) is 14.1 Å². The van der Waals surface area contributed by atoms with Crippen molar-refractivity contribution in [2.45, 2.75) is 32.0 Å². The topological polar surface area (TPSA) is 92.7 Å². The average molecular weight is 486 g/mol. The Labute approximate surface area is 208 Å². The summed E-state index contributed by atoms with van der Waals surface area (Å²) in [6.07, 6.45) is 2.77. The first-order valence-electron chi connectivity index (χ1n) is 11.5. The average Bonchev–Trinajstić information content (AvgIpc) is 3.19. The van der Waals surface area contributed by atoms with Crippen molar-refractivity contribution in [2.75, 3.05) is 11.1 Å². The summed E-state index contributed by atoms with van der Waals surface area (Å²) in [5, 5.41) is 12.3. The molecule has 35 heavy (non-hydrogen) atoms. The number of thioether (sulfide) groups is 1. The summed E-state index contributed by atoms with van der Waals surface area (Å²) in [6, 6.07) is 18.6. The number of anilines is 1. The molecule has 4 aromatic rings. The van der Waals surface area contributed by atoms with Crippen molar-refractivity contribution >= 4 is 34.4 Å². The Morgan fingerprint density at radius 2 is 1.86 bits per heavy atom. The Morgan fingerprint density at radius 1 is 1.14 bits per heavy atom. The van der Waals surface area contributed by atoms with Crippen LogP contribution in [-0.4, -0.2) is 25.8 Å². The predicted octanol–water partition coefficient (Wildman–Crippen LogP) is 5.05. The summed E-state index contributed by atoms with van der Waals surface area (Å²) >= 11 is 1.25. The molecule has 0 atom stereocenters. The zero-order valence-electron chi connectivity index (χ0n) is 20.0. The summed E-state index contributed by atoms with van der Waals surface area (Å²) in [4.78, 5) is 31.1. The maximum atomic E-state index is 13.6. The van der Waals surface area contributed by atoms with Gasteiger partial charge in [-0.1, -0.05) is 55.9 Å². The number of nitrogens with one attached hydrogen (secondary N) is 1. The SMILES string of the molecule is CC(C)CCn1c(SCC(=O)Nc2ccc(C#N)cc2)nc2c(-c3ccccc3)cn(C)c2c1=O. The summed E-state index contributed by atoms with van der Waals surface area (Å²) in [5.41, 5.74) is 4.11. The van der Waals surface area contributed by atoms with Gasteiger partial charge in [-0.3, -0.25) is 14.2 Å². The third-order valence-electron chi connectivity index (χ3n) is 5.69. The fourth-order valence-corrected chi connectivity index (χ4v) is 4.65. The van der Waals surface area contributed by atoms with Gasteiger partial charge in [0, 0.05) is 31.0 Å². The lowest BCUT2D eigenvalue weighted by Gasteiger charge is -2.14. The Bertz CT molecular complexity index is 1450. The van der Waals surface area contributed by atoms with Crippen LogP contribution in [0.3, 0.4) is 0 Å². The lowest BCUT2D eigenvalue weighted by molar-refractivity contribution is -0.113. The van der Waals surface area contributed by atoms with E-state index in [4.69, 9.17) is 10.2 Å². The Balaban J connectivity index is 1.67. The standard InChI is InChI=1S/C27H27N5O2S/c1-18(2)13-14-32-26(34)25-24(22(16-31(25)3)20-7-5-4-6-8-20)30-27(32)35-17-23(33)29-21-11-9-19(15-28)10-12-21/h4-12,16,18H,13-14,17H2,1-3H3,(H,29,33). The van der Waals surface area contributed by atoms with E-state index in [-0.39, 0.29) is 17.2 Å². The van der Waals surface area contributed by atoms with Crippen LogP contribution in [0.15, 0.2) is 70.7 Å². The highest BCUT2D eigenvalue weighted by Crippen LogP contribution is 2.29. The molecule has 2 heterocycles. The molecule has 2 aromatic carbocycles. The number of fused-ring (bicyclic) bond motifs is 1. The highest BCUT2D eigenvalue weighted by molar-refractivity contribution is 7.99. The first kappa shape index (κ1) is 24.3. The molecule has 0 aliphatic carbocycles. The molecule has 7 nitrogen and oxygen atoms in total. The number of aryl methyl sites for hydroxylation is 1. The van der Waals surface area contributed by atoms with E-state index in [0.29, 0.717) is 39.9 Å². The van der Waals surface area contributed by atoms with Gasteiger partial charge in [0.15, 0.2) is 5.16 Å². The van der Waals surface area contributed by atoms with E-state index in [0.717, 1.165) is 17.5 Å². The Morgan fingerprint density at radius 3 is 2.51 bits per heavy atom. The van der Waals surface area contributed by atoms with Crippen molar-refractivity contribution in [3.8, 4) is 17.2 Å². The predicted molar refractivity (Wildman–Crippen MR) is 140 cm³/mol. The molecule has 0 radical (unpaired) electrons. The van der Waals surface area contributed by atoms with Crippen molar-refractivity contribution < 1.29 is 4.79 Å². The number of amides is 1. The number of nitrogens with zero attached hydrogens (tertiary/aromatic N) is 4. The number of aromatic nitrogens is 3. The highest BCUT2D eigenvalue weighted by Gasteiger charge is 2.19. The van der Waals surface area contributed by atoms with E-state index >= 15 is 0 Å².